The van der Waals surface area contributed by atoms with E-state index in [0.29, 0.717) is 24.5 Å². The van der Waals surface area contributed by atoms with Crippen molar-refractivity contribution < 1.29 is 14.3 Å². The number of methoxy groups -OCH3 is 1. The summed E-state index contributed by atoms with van der Waals surface area (Å²) in [6.45, 7) is 2.70. The van der Waals surface area contributed by atoms with Crippen LogP contribution in [0.25, 0.3) is 0 Å². The molecule has 2 rings (SSSR count). The molecule has 0 aliphatic carbocycles. The standard InChI is InChI=1S/C26H36N2O3/c1-3-4-5-6-7-8-9-13-16-26(29)28-27-20-23-17-18-24(25(19-23)30-2)31-21-22-14-11-10-12-15-22/h10-12,14-15,17-20H,3-9,13,16,21H2,1-2H3,(H,28,29). The Bertz CT molecular complexity index is 790. The molecule has 0 fully saturated rings. The quantitative estimate of drug-likeness (QED) is 0.209. The van der Waals surface area contributed by atoms with Crippen LogP contribution in [0.1, 0.15) is 75.8 Å². The molecule has 168 valence electrons. The summed E-state index contributed by atoms with van der Waals surface area (Å²) >= 11 is 0. The Morgan fingerprint density at radius 2 is 1.65 bits per heavy atom. The Kier molecular flexibility index (Phi) is 11.9. The monoisotopic (exact) mass is 424 g/mol. The first-order valence-corrected chi connectivity index (χ1v) is 11.4. The maximum Gasteiger partial charge on any atom is 0.240 e. The van der Waals surface area contributed by atoms with Gasteiger partial charge in [0.2, 0.25) is 5.91 Å². The smallest absolute Gasteiger partial charge is 0.240 e. The Balaban J connectivity index is 1.70. The summed E-state index contributed by atoms with van der Waals surface area (Å²) in [6, 6.07) is 15.6. The Labute approximate surface area is 186 Å². The van der Waals surface area contributed by atoms with Gasteiger partial charge < -0.3 is 9.47 Å². The Morgan fingerprint density at radius 1 is 0.935 bits per heavy atom. The molecular formula is C26H36N2O3. The van der Waals surface area contributed by atoms with Gasteiger partial charge in [-0.15, -0.1) is 0 Å². The highest BCUT2D eigenvalue weighted by Gasteiger charge is 2.06. The van der Waals surface area contributed by atoms with E-state index in [9.17, 15) is 4.79 Å². The van der Waals surface area contributed by atoms with Gasteiger partial charge in [0.15, 0.2) is 11.5 Å². The zero-order valence-corrected chi connectivity index (χ0v) is 18.9. The van der Waals surface area contributed by atoms with E-state index in [4.69, 9.17) is 9.47 Å². The molecule has 5 heteroatoms. The summed E-state index contributed by atoms with van der Waals surface area (Å²) in [4.78, 5) is 11.9. The summed E-state index contributed by atoms with van der Waals surface area (Å²) in [5, 5.41) is 4.07. The fraction of sp³-hybridized carbons (Fsp3) is 0.462. The molecule has 2 aromatic carbocycles. The number of nitrogens with one attached hydrogen (secondary N) is 1. The van der Waals surface area contributed by atoms with E-state index in [1.807, 2.05) is 48.5 Å². The molecule has 0 atom stereocenters. The second-order valence-corrected chi connectivity index (χ2v) is 7.70. The number of hydrogen-bond donors (Lipinski definition) is 1. The SMILES string of the molecule is CCCCCCCCCCC(=O)NN=Cc1ccc(OCc2ccccc2)c(OC)c1. The van der Waals surface area contributed by atoms with Crippen molar-refractivity contribution in [2.24, 2.45) is 5.10 Å². The van der Waals surface area contributed by atoms with Crippen molar-refractivity contribution >= 4 is 12.1 Å². The van der Waals surface area contributed by atoms with Crippen LogP contribution in [0, 0.1) is 0 Å². The highest BCUT2D eigenvalue weighted by Crippen LogP contribution is 2.28. The van der Waals surface area contributed by atoms with Gasteiger partial charge in [-0.25, -0.2) is 5.43 Å². The second-order valence-electron chi connectivity index (χ2n) is 7.70. The minimum absolute atomic E-state index is 0.0444. The maximum atomic E-state index is 11.9. The zero-order valence-electron chi connectivity index (χ0n) is 18.9. The number of carbonyl (C=O) groups is 1. The molecule has 0 saturated heterocycles. The average molecular weight is 425 g/mol. The fourth-order valence-electron chi connectivity index (χ4n) is 3.27. The zero-order chi connectivity index (χ0) is 22.2. The van der Waals surface area contributed by atoms with E-state index in [1.54, 1.807) is 13.3 Å². The summed E-state index contributed by atoms with van der Waals surface area (Å²) in [5.41, 5.74) is 4.53. The Morgan fingerprint density at radius 3 is 2.35 bits per heavy atom. The van der Waals surface area contributed by atoms with E-state index < -0.39 is 0 Å². The number of unbranched alkanes of at least 4 members (excludes halogenated alkanes) is 7. The summed E-state index contributed by atoms with van der Waals surface area (Å²) in [6.07, 6.45) is 11.9. The highest BCUT2D eigenvalue weighted by molar-refractivity contribution is 5.83. The molecule has 31 heavy (non-hydrogen) atoms. The third-order valence-corrected chi connectivity index (χ3v) is 5.09. The molecule has 0 unspecified atom stereocenters. The first kappa shape index (κ1) is 24.4. The van der Waals surface area contributed by atoms with Gasteiger partial charge in [0.05, 0.1) is 13.3 Å². The molecule has 0 bridgehead atoms. The van der Waals surface area contributed by atoms with Crippen molar-refractivity contribution in [2.45, 2.75) is 71.3 Å². The van der Waals surface area contributed by atoms with Gasteiger partial charge >= 0.3 is 0 Å². The van der Waals surface area contributed by atoms with E-state index >= 15 is 0 Å². The predicted molar refractivity (Wildman–Crippen MR) is 127 cm³/mol. The lowest BCUT2D eigenvalue weighted by Crippen LogP contribution is -2.16. The van der Waals surface area contributed by atoms with Gasteiger partial charge in [-0.05, 0) is 35.7 Å². The summed E-state index contributed by atoms with van der Waals surface area (Å²) in [7, 11) is 1.61. The van der Waals surface area contributed by atoms with Crippen molar-refractivity contribution in [1.82, 2.24) is 5.43 Å². The Hall–Kier alpha value is -2.82. The van der Waals surface area contributed by atoms with Gasteiger partial charge in [0, 0.05) is 6.42 Å². The highest BCUT2D eigenvalue weighted by atomic mass is 16.5. The molecule has 0 radical (unpaired) electrons. The molecule has 0 spiro atoms. The van der Waals surface area contributed by atoms with E-state index in [2.05, 4.69) is 17.5 Å². The van der Waals surface area contributed by atoms with Crippen LogP contribution in [0.5, 0.6) is 11.5 Å². The van der Waals surface area contributed by atoms with E-state index in [1.165, 1.54) is 38.5 Å². The number of hydrogen-bond acceptors (Lipinski definition) is 4. The van der Waals surface area contributed by atoms with Gasteiger partial charge in [0.1, 0.15) is 6.61 Å². The van der Waals surface area contributed by atoms with Crippen LogP contribution >= 0.6 is 0 Å². The third-order valence-electron chi connectivity index (χ3n) is 5.09. The molecule has 0 aromatic heterocycles. The molecule has 1 N–H and O–H groups in total. The van der Waals surface area contributed by atoms with Gasteiger partial charge in [-0.1, -0.05) is 82.2 Å². The van der Waals surface area contributed by atoms with Gasteiger partial charge in [0.25, 0.3) is 0 Å². The van der Waals surface area contributed by atoms with Crippen LogP contribution < -0.4 is 14.9 Å². The molecule has 5 nitrogen and oxygen atoms in total. The van der Waals surface area contributed by atoms with E-state index in [0.717, 1.165) is 24.0 Å². The van der Waals surface area contributed by atoms with Crippen LogP contribution in [-0.2, 0) is 11.4 Å². The number of ether oxygens (including phenoxy) is 2. The minimum Gasteiger partial charge on any atom is -0.493 e. The predicted octanol–water partition coefficient (Wildman–Crippen LogP) is 6.26. The van der Waals surface area contributed by atoms with Crippen LogP contribution in [0.3, 0.4) is 0 Å². The van der Waals surface area contributed by atoms with Gasteiger partial charge in [-0.3, -0.25) is 4.79 Å². The molecule has 2 aromatic rings. The van der Waals surface area contributed by atoms with Gasteiger partial charge in [-0.2, -0.15) is 5.10 Å². The lowest BCUT2D eigenvalue weighted by molar-refractivity contribution is -0.121. The number of nitrogens with zero attached hydrogens (tertiary/aromatic N) is 1. The number of benzene rings is 2. The van der Waals surface area contributed by atoms with Crippen molar-refractivity contribution in [3.8, 4) is 11.5 Å². The van der Waals surface area contributed by atoms with Crippen molar-refractivity contribution in [3.05, 3.63) is 59.7 Å². The van der Waals surface area contributed by atoms with Crippen molar-refractivity contribution in [3.63, 3.8) is 0 Å². The lowest BCUT2D eigenvalue weighted by Gasteiger charge is -2.11. The first-order valence-electron chi connectivity index (χ1n) is 11.4. The van der Waals surface area contributed by atoms with E-state index in [-0.39, 0.29) is 5.91 Å². The van der Waals surface area contributed by atoms with Crippen molar-refractivity contribution in [1.29, 1.82) is 0 Å². The number of rotatable bonds is 15. The normalized spacial score (nSPS) is 10.9. The van der Waals surface area contributed by atoms with Crippen LogP contribution in [0.15, 0.2) is 53.6 Å². The fourth-order valence-corrected chi connectivity index (χ4v) is 3.27. The minimum atomic E-state index is -0.0444. The average Bonchev–Trinajstić information content (AvgIpc) is 2.80. The number of carbonyl (C=O) groups excluding carboxylic acids is 1. The van der Waals surface area contributed by atoms with Crippen molar-refractivity contribution in [2.75, 3.05) is 7.11 Å². The topological polar surface area (TPSA) is 59.9 Å². The summed E-state index contributed by atoms with van der Waals surface area (Å²) < 4.78 is 11.3. The number of hydrazone groups is 1. The van der Waals surface area contributed by atoms with Crippen LogP contribution in [0.4, 0.5) is 0 Å². The molecule has 0 aliphatic rings. The first-order chi connectivity index (χ1) is 15.2. The number of amides is 1. The maximum absolute atomic E-state index is 11.9. The second kappa shape index (κ2) is 15.1. The largest absolute Gasteiger partial charge is 0.493 e. The molecule has 0 aliphatic heterocycles. The van der Waals surface area contributed by atoms with Crippen LogP contribution in [-0.4, -0.2) is 19.2 Å². The molecule has 0 heterocycles. The lowest BCUT2D eigenvalue weighted by atomic mass is 10.1. The van der Waals surface area contributed by atoms with Crippen LogP contribution in [0.2, 0.25) is 0 Å². The molecule has 1 amide bonds. The molecular weight excluding hydrogens is 388 g/mol. The third kappa shape index (κ3) is 10.2. The molecule has 0 saturated carbocycles. The summed E-state index contributed by atoms with van der Waals surface area (Å²) in [5.74, 6) is 1.25.